The monoisotopic (exact) mass is 506 g/mol. The SMILES string of the molecule is CN1CCN(CC(=O)N(C)c2ccc(N=C(c3ccccc3)c3c(O)[nH]c4cc(C#N)ccc34)cc2)CC1. The molecule has 38 heavy (non-hydrogen) atoms. The van der Waals surface area contributed by atoms with Gasteiger partial charge < -0.3 is 19.9 Å². The molecule has 1 aliphatic rings. The van der Waals surface area contributed by atoms with Gasteiger partial charge in [0, 0.05) is 49.9 Å². The number of aliphatic imine (C=N–C) groups is 1. The molecule has 0 aliphatic carbocycles. The maximum Gasteiger partial charge on any atom is 0.240 e. The first kappa shape index (κ1) is 25.2. The number of anilines is 1. The Morgan fingerprint density at radius 3 is 2.45 bits per heavy atom. The Balaban J connectivity index is 1.44. The van der Waals surface area contributed by atoms with E-state index in [0.29, 0.717) is 34.6 Å². The lowest BCUT2D eigenvalue weighted by molar-refractivity contribution is -0.119. The van der Waals surface area contributed by atoms with Crippen molar-refractivity contribution in [1.82, 2.24) is 14.8 Å². The Morgan fingerprint density at radius 1 is 1.05 bits per heavy atom. The van der Waals surface area contributed by atoms with E-state index in [1.807, 2.05) is 60.7 Å². The van der Waals surface area contributed by atoms with E-state index in [4.69, 9.17) is 4.99 Å². The standard InChI is InChI=1S/C30H30N6O2/c1-34-14-16-36(17-15-34)20-27(37)35(2)24-11-9-23(10-12-24)32-29(22-6-4-3-5-7-22)28-25-13-8-21(19-31)18-26(25)33-30(28)38/h3-13,18,33,38H,14-17,20H2,1-2H3. The number of aromatic nitrogens is 1. The van der Waals surface area contributed by atoms with Gasteiger partial charge in [-0.25, -0.2) is 4.99 Å². The minimum absolute atomic E-state index is 0.0106. The number of nitriles is 1. The first-order chi connectivity index (χ1) is 18.4. The van der Waals surface area contributed by atoms with Crippen LogP contribution in [-0.2, 0) is 4.79 Å². The van der Waals surface area contributed by atoms with E-state index in [2.05, 4.69) is 27.9 Å². The molecule has 1 saturated heterocycles. The average molecular weight is 507 g/mol. The maximum atomic E-state index is 12.9. The van der Waals surface area contributed by atoms with Gasteiger partial charge in [0.1, 0.15) is 0 Å². The highest BCUT2D eigenvalue weighted by Crippen LogP contribution is 2.32. The highest BCUT2D eigenvalue weighted by Gasteiger charge is 2.21. The van der Waals surface area contributed by atoms with Crippen molar-refractivity contribution in [3.63, 3.8) is 0 Å². The van der Waals surface area contributed by atoms with Crippen molar-refractivity contribution in [2.45, 2.75) is 0 Å². The van der Waals surface area contributed by atoms with E-state index in [9.17, 15) is 15.2 Å². The summed E-state index contributed by atoms with van der Waals surface area (Å²) in [7, 11) is 3.90. The van der Waals surface area contributed by atoms with Crippen LogP contribution in [0.1, 0.15) is 16.7 Å². The lowest BCUT2D eigenvalue weighted by Gasteiger charge is -2.32. The number of nitrogens with zero attached hydrogens (tertiary/aromatic N) is 5. The fourth-order valence-corrected chi connectivity index (χ4v) is 4.68. The molecule has 0 saturated carbocycles. The minimum Gasteiger partial charge on any atom is -0.494 e. The number of carbonyl (C=O) groups is 1. The number of amides is 1. The number of nitrogens with one attached hydrogen (secondary N) is 1. The summed E-state index contributed by atoms with van der Waals surface area (Å²) in [6, 6.07) is 24.6. The maximum absolute atomic E-state index is 12.9. The van der Waals surface area contributed by atoms with Crippen molar-refractivity contribution in [1.29, 1.82) is 5.26 Å². The molecule has 1 aromatic heterocycles. The normalized spacial score (nSPS) is 14.9. The first-order valence-electron chi connectivity index (χ1n) is 12.6. The molecular formula is C30H30N6O2. The van der Waals surface area contributed by atoms with Gasteiger partial charge in [0.15, 0.2) is 5.88 Å². The van der Waals surface area contributed by atoms with Gasteiger partial charge in [0.05, 0.1) is 40.7 Å². The van der Waals surface area contributed by atoms with Gasteiger partial charge in [0.2, 0.25) is 5.91 Å². The molecule has 8 heteroatoms. The summed E-state index contributed by atoms with van der Waals surface area (Å²) in [4.78, 5) is 27.0. The molecule has 2 N–H and O–H groups in total. The molecule has 1 amide bonds. The molecule has 192 valence electrons. The molecule has 2 heterocycles. The number of benzene rings is 3. The third-order valence-electron chi connectivity index (χ3n) is 7.00. The second-order valence-electron chi connectivity index (χ2n) is 9.60. The number of aromatic hydroxyl groups is 1. The largest absolute Gasteiger partial charge is 0.494 e. The summed E-state index contributed by atoms with van der Waals surface area (Å²) in [6.45, 7) is 4.13. The molecule has 5 rings (SSSR count). The number of piperazine rings is 1. The van der Waals surface area contributed by atoms with E-state index in [-0.39, 0.29) is 11.8 Å². The Morgan fingerprint density at radius 2 is 1.76 bits per heavy atom. The quantitative estimate of drug-likeness (QED) is 0.383. The van der Waals surface area contributed by atoms with Crippen molar-refractivity contribution in [3.8, 4) is 11.9 Å². The van der Waals surface area contributed by atoms with Crippen LogP contribution in [0.25, 0.3) is 10.9 Å². The number of likely N-dealkylation sites (N-methyl/N-ethyl adjacent to an activating group) is 2. The first-order valence-corrected chi connectivity index (χ1v) is 12.6. The van der Waals surface area contributed by atoms with Crippen LogP contribution in [0.15, 0.2) is 77.8 Å². The summed E-state index contributed by atoms with van der Waals surface area (Å²) < 4.78 is 0. The summed E-state index contributed by atoms with van der Waals surface area (Å²) in [5.41, 5.74) is 4.67. The van der Waals surface area contributed by atoms with Gasteiger partial charge in [0.25, 0.3) is 0 Å². The third kappa shape index (κ3) is 5.30. The lowest BCUT2D eigenvalue weighted by atomic mass is 10.00. The molecular weight excluding hydrogens is 476 g/mol. The summed E-state index contributed by atoms with van der Waals surface area (Å²) in [5.74, 6) is 0.0415. The van der Waals surface area contributed by atoms with Crippen molar-refractivity contribution < 1.29 is 9.90 Å². The van der Waals surface area contributed by atoms with Crippen molar-refractivity contribution >= 4 is 33.9 Å². The van der Waals surface area contributed by atoms with Gasteiger partial charge in [-0.1, -0.05) is 36.4 Å². The molecule has 0 unspecified atom stereocenters. The van der Waals surface area contributed by atoms with Crippen molar-refractivity contribution in [3.05, 3.63) is 89.5 Å². The summed E-state index contributed by atoms with van der Waals surface area (Å²) in [5, 5.41) is 20.9. The molecule has 3 aromatic carbocycles. The van der Waals surface area contributed by atoms with Crippen LogP contribution < -0.4 is 4.90 Å². The van der Waals surface area contributed by atoms with Gasteiger partial charge in [-0.15, -0.1) is 0 Å². The zero-order valence-electron chi connectivity index (χ0n) is 21.6. The molecule has 8 nitrogen and oxygen atoms in total. The number of rotatable bonds is 6. The van der Waals surface area contributed by atoms with Gasteiger partial charge in [-0.3, -0.25) is 9.69 Å². The highest BCUT2D eigenvalue weighted by molar-refractivity contribution is 6.22. The predicted octanol–water partition coefficient (Wildman–Crippen LogP) is 4.12. The second-order valence-corrected chi connectivity index (χ2v) is 9.60. The van der Waals surface area contributed by atoms with E-state index >= 15 is 0 Å². The molecule has 0 radical (unpaired) electrons. The van der Waals surface area contributed by atoms with Crippen molar-refractivity contribution in [2.75, 3.05) is 51.7 Å². The summed E-state index contributed by atoms with van der Waals surface area (Å²) in [6.07, 6.45) is 0. The van der Waals surface area contributed by atoms with Gasteiger partial charge >= 0.3 is 0 Å². The Labute approximate surface area is 222 Å². The van der Waals surface area contributed by atoms with Crippen LogP contribution in [0.2, 0.25) is 0 Å². The smallest absolute Gasteiger partial charge is 0.240 e. The Bertz CT molecular complexity index is 1510. The minimum atomic E-state index is -0.0106. The van der Waals surface area contributed by atoms with Crippen LogP contribution in [0, 0.1) is 11.3 Å². The molecule has 1 aliphatic heterocycles. The second kappa shape index (κ2) is 10.9. The van der Waals surface area contributed by atoms with E-state index < -0.39 is 0 Å². The van der Waals surface area contributed by atoms with Crippen LogP contribution in [-0.4, -0.2) is 78.3 Å². The number of hydrogen-bond donors (Lipinski definition) is 2. The third-order valence-corrected chi connectivity index (χ3v) is 7.00. The fourth-order valence-electron chi connectivity index (χ4n) is 4.68. The topological polar surface area (TPSA) is 99.0 Å². The Hall–Kier alpha value is -4.45. The lowest BCUT2D eigenvalue weighted by Crippen LogP contribution is -2.48. The van der Waals surface area contributed by atoms with Gasteiger partial charge in [-0.2, -0.15) is 5.26 Å². The van der Waals surface area contributed by atoms with Crippen LogP contribution in [0.4, 0.5) is 11.4 Å². The average Bonchev–Trinajstić information content (AvgIpc) is 3.27. The number of carbonyl (C=O) groups excluding carboxylic acids is 1. The number of H-pyrrole nitrogens is 1. The molecule has 0 atom stereocenters. The Kier molecular flexibility index (Phi) is 7.22. The van der Waals surface area contributed by atoms with E-state index in [0.717, 1.165) is 42.8 Å². The number of aromatic amines is 1. The fraction of sp³-hybridized carbons (Fsp3) is 0.233. The molecule has 0 bridgehead atoms. The molecule has 0 spiro atoms. The van der Waals surface area contributed by atoms with E-state index in [1.165, 1.54) is 0 Å². The number of fused-ring (bicyclic) bond motifs is 1. The molecule has 4 aromatic rings. The highest BCUT2D eigenvalue weighted by atomic mass is 16.3. The van der Waals surface area contributed by atoms with Gasteiger partial charge in [-0.05, 0) is 43.4 Å². The van der Waals surface area contributed by atoms with Crippen LogP contribution in [0.3, 0.4) is 0 Å². The van der Waals surface area contributed by atoms with E-state index in [1.54, 1.807) is 24.1 Å². The zero-order valence-corrected chi connectivity index (χ0v) is 21.6. The van der Waals surface area contributed by atoms with Crippen molar-refractivity contribution in [2.24, 2.45) is 4.99 Å². The zero-order chi connectivity index (χ0) is 26.6. The van der Waals surface area contributed by atoms with Crippen LogP contribution >= 0.6 is 0 Å². The number of hydrogen-bond acceptors (Lipinski definition) is 6. The summed E-state index contributed by atoms with van der Waals surface area (Å²) >= 11 is 0. The molecule has 1 fully saturated rings. The van der Waals surface area contributed by atoms with Crippen LogP contribution in [0.5, 0.6) is 5.88 Å². The predicted molar refractivity (Wildman–Crippen MR) is 150 cm³/mol.